The number of aliphatic imine (C=N–C) groups is 1. The molecule has 148 valence electrons. The molecule has 1 saturated carbocycles. The summed E-state index contributed by atoms with van der Waals surface area (Å²) in [6.07, 6.45) is 7.06. The maximum absolute atomic E-state index is 5.91. The number of halogens is 1. The van der Waals surface area contributed by atoms with Gasteiger partial charge in [0.15, 0.2) is 5.96 Å². The first-order valence-electron chi connectivity index (χ1n) is 9.33. The maximum atomic E-state index is 5.91. The summed E-state index contributed by atoms with van der Waals surface area (Å²) in [5.74, 6) is 1.99. The molecule has 0 aliphatic heterocycles. The number of nitrogens with zero attached hydrogens (tertiary/aromatic N) is 2. The third-order valence-electron chi connectivity index (χ3n) is 4.76. The van der Waals surface area contributed by atoms with Crippen LogP contribution in [0.2, 0.25) is 0 Å². The largest absolute Gasteiger partial charge is 0.474 e. The number of pyridine rings is 1. The molecule has 0 saturated heterocycles. The van der Waals surface area contributed by atoms with Gasteiger partial charge in [0.05, 0.1) is 0 Å². The number of rotatable bonds is 7. The first-order valence-corrected chi connectivity index (χ1v) is 10.3. The van der Waals surface area contributed by atoms with Crippen LogP contribution in [0.1, 0.15) is 49.7 Å². The van der Waals surface area contributed by atoms with E-state index in [0.717, 1.165) is 36.8 Å². The maximum Gasteiger partial charge on any atom is 0.213 e. The van der Waals surface area contributed by atoms with E-state index in [0.29, 0.717) is 18.6 Å². The summed E-state index contributed by atoms with van der Waals surface area (Å²) in [4.78, 5) is 8.73. The number of hydrogen-bond donors (Lipinski definition) is 2. The standard InChI is InChI=1S/C20H28N4OS.HI/c1-15(17-9-10-26-14-17)11-23-20(21-2)24-13-16-7-8-19(22-12-16)25-18-5-3-4-6-18;/h7-10,12,14-15,18H,3-6,11,13H2,1-2H3,(H2,21,23,24);1H. The molecule has 1 unspecified atom stereocenters. The zero-order chi connectivity index (χ0) is 18.2. The quantitative estimate of drug-likeness (QED) is 0.333. The molecule has 3 rings (SSSR count). The Morgan fingerprint density at radius 2 is 2.11 bits per heavy atom. The molecule has 0 radical (unpaired) electrons. The molecule has 1 aliphatic rings. The van der Waals surface area contributed by atoms with Crippen LogP contribution in [-0.4, -0.2) is 30.6 Å². The molecular formula is C20H29IN4OS. The molecule has 7 heteroatoms. The van der Waals surface area contributed by atoms with Crippen LogP contribution in [-0.2, 0) is 6.54 Å². The molecule has 2 aromatic rings. The fourth-order valence-electron chi connectivity index (χ4n) is 3.09. The Kier molecular flexibility index (Phi) is 9.33. The van der Waals surface area contributed by atoms with Crippen LogP contribution in [0, 0.1) is 0 Å². The number of aromatic nitrogens is 1. The van der Waals surface area contributed by atoms with Gasteiger partial charge in [0.2, 0.25) is 5.88 Å². The van der Waals surface area contributed by atoms with Gasteiger partial charge < -0.3 is 15.4 Å². The average Bonchev–Trinajstić information content (AvgIpc) is 3.37. The molecule has 2 aromatic heterocycles. The molecule has 5 nitrogen and oxygen atoms in total. The highest BCUT2D eigenvalue weighted by molar-refractivity contribution is 14.0. The van der Waals surface area contributed by atoms with Crippen molar-refractivity contribution in [3.05, 3.63) is 46.3 Å². The minimum absolute atomic E-state index is 0. The summed E-state index contributed by atoms with van der Waals surface area (Å²) in [7, 11) is 1.79. The molecule has 0 aromatic carbocycles. The second kappa shape index (κ2) is 11.5. The van der Waals surface area contributed by atoms with Gasteiger partial charge in [-0.3, -0.25) is 4.99 Å². The van der Waals surface area contributed by atoms with Crippen molar-refractivity contribution in [1.82, 2.24) is 15.6 Å². The number of nitrogens with one attached hydrogen (secondary N) is 2. The van der Waals surface area contributed by atoms with Crippen LogP contribution in [0.3, 0.4) is 0 Å². The van der Waals surface area contributed by atoms with Gasteiger partial charge in [0.25, 0.3) is 0 Å². The van der Waals surface area contributed by atoms with E-state index >= 15 is 0 Å². The fraction of sp³-hybridized carbons (Fsp3) is 0.500. The molecule has 0 amide bonds. The van der Waals surface area contributed by atoms with Crippen LogP contribution in [0.4, 0.5) is 0 Å². The Labute approximate surface area is 183 Å². The van der Waals surface area contributed by atoms with E-state index in [1.807, 2.05) is 12.3 Å². The van der Waals surface area contributed by atoms with Crippen LogP contribution >= 0.6 is 35.3 Å². The van der Waals surface area contributed by atoms with E-state index in [4.69, 9.17) is 4.74 Å². The number of ether oxygens (including phenoxy) is 1. The third-order valence-corrected chi connectivity index (χ3v) is 5.46. The summed E-state index contributed by atoms with van der Waals surface area (Å²) in [5, 5.41) is 11.0. The number of hydrogen-bond acceptors (Lipinski definition) is 4. The predicted molar refractivity (Wildman–Crippen MR) is 123 cm³/mol. The van der Waals surface area contributed by atoms with Gasteiger partial charge in [0.1, 0.15) is 6.10 Å². The molecule has 1 atom stereocenters. The molecule has 27 heavy (non-hydrogen) atoms. The van der Waals surface area contributed by atoms with Gasteiger partial charge in [-0.05, 0) is 59.6 Å². The lowest BCUT2D eigenvalue weighted by Gasteiger charge is -2.16. The SMILES string of the molecule is CN=C(NCc1ccc(OC2CCCC2)nc1)NCC(C)c1ccsc1.I. The van der Waals surface area contributed by atoms with Crippen LogP contribution in [0.15, 0.2) is 40.1 Å². The van der Waals surface area contributed by atoms with Gasteiger partial charge in [-0.2, -0.15) is 11.3 Å². The van der Waals surface area contributed by atoms with E-state index in [1.165, 1.54) is 18.4 Å². The van der Waals surface area contributed by atoms with Crippen LogP contribution in [0.5, 0.6) is 5.88 Å². The normalized spacial score (nSPS) is 15.9. The Bertz CT molecular complexity index is 685. The molecule has 2 heterocycles. The molecule has 0 bridgehead atoms. The average molecular weight is 500 g/mol. The van der Waals surface area contributed by atoms with Gasteiger partial charge in [-0.15, -0.1) is 24.0 Å². The summed E-state index contributed by atoms with van der Waals surface area (Å²) >= 11 is 1.74. The molecular weight excluding hydrogens is 471 g/mol. The van der Waals surface area contributed by atoms with Crippen molar-refractivity contribution in [2.24, 2.45) is 4.99 Å². The highest BCUT2D eigenvalue weighted by Crippen LogP contribution is 2.22. The van der Waals surface area contributed by atoms with Gasteiger partial charge in [-0.1, -0.05) is 13.0 Å². The lowest BCUT2D eigenvalue weighted by Crippen LogP contribution is -2.38. The lowest BCUT2D eigenvalue weighted by atomic mass is 10.1. The van der Waals surface area contributed by atoms with Crippen molar-refractivity contribution < 1.29 is 4.74 Å². The van der Waals surface area contributed by atoms with Crippen molar-refractivity contribution in [1.29, 1.82) is 0 Å². The van der Waals surface area contributed by atoms with Crippen LogP contribution in [0.25, 0.3) is 0 Å². The summed E-state index contributed by atoms with van der Waals surface area (Å²) in [6, 6.07) is 6.20. The number of guanidine groups is 1. The second-order valence-electron chi connectivity index (χ2n) is 6.79. The molecule has 1 aliphatic carbocycles. The first kappa shape index (κ1) is 21.9. The Hall–Kier alpha value is -1.35. The molecule has 0 spiro atoms. The highest BCUT2D eigenvalue weighted by atomic mass is 127. The Morgan fingerprint density at radius 3 is 2.74 bits per heavy atom. The summed E-state index contributed by atoms with van der Waals surface area (Å²) < 4.78 is 5.91. The summed E-state index contributed by atoms with van der Waals surface area (Å²) in [5.41, 5.74) is 2.47. The van der Waals surface area contributed by atoms with E-state index < -0.39 is 0 Å². The smallest absolute Gasteiger partial charge is 0.213 e. The van der Waals surface area contributed by atoms with Gasteiger partial charge in [0, 0.05) is 32.4 Å². The predicted octanol–water partition coefficient (Wildman–Crippen LogP) is 4.55. The van der Waals surface area contributed by atoms with Crippen molar-refractivity contribution in [3.63, 3.8) is 0 Å². The highest BCUT2D eigenvalue weighted by Gasteiger charge is 2.16. The Balaban J connectivity index is 0.00000261. The zero-order valence-electron chi connectivity index (χ0n) is 16.0. The van der Waals surface area contributed by atoms with Crippen LogP contribution < -0.4 is 15.4 Å². The lowest BCUT2D eigenvalue weighted by molar-refractivity contribution is 0.201. The minimum Gasteiger partial charge on any atom is -0.474 e. The van der Waals surface area contributed by atoms with E-state index in [9.17, 15) is 0 Å². The monoisotopic (exact) mass is 500 g/mol. The fourth-order valence-corrected chi connectivity index (χ4v) is 3.87. The summed E-state index contributed by atoms with van der Waals surface area (Å²) in [6.45, 7) is 3.75. The second-order valence-corrected chi connectivity index (χ2v) is 7.57. The van der Waals surface area contributed by atoms with Gasteiger partial charge in [-0.25, -0.2) is 4.98 Å². The van der Waals surface area contributed by atoms with Crippen molar-refractivity contribution in [2.45, 2.75) is 51.2 Å². The van der Waals surface area contributed by atoms with E-state index in [1.54, 1.807) is 18.4 Å². The number of thiophene rings is 1. The van der Waals surface area contributed by atoms with Gasteiger partial charge >= 0.3 is 0 Å². The third kappa shape index (κ3) is 6.95. The van der Waals surface area contributed by atoms with Crippen molar-refractivity contribution in [2.75, 3.05) is 13.6 Å². The minimum atomic E-state index is 0. The molecule has 1 fully saturated rings. The van der Waals surface area contributed by atoms with E-state index in [2.05, 4.69) is 50.4 Å². The van der Waals surface area contributed by atoms with E-state index in [-0.39, 0.29) is 24.0 Å². The van der Waals surface area contributed by atoms with Crippen molar-refractivity contribution >= 4 is 41.3 Å². The zero-order valence-corrected chi connectivity index (χ0v) is 19.1. The Morgan fingerprint density at radius 1 is 1.30 bits per heavy atom. The van der Waals surface area contributed by atoms with Crippen molar-refractivity contribution in [3.8, 4) is 5.88 Å². The molecule has 2 N–H and O–H groups in total. The first-order chi connectivity index (χ1) is 12.7. The topological polar surface area (TPSA) is 58.5 Å².